The summed E-state index contributed by atoms with van der Waals surface area (Å²) in [6.07, 6.45) is 5.76. The molecule has 2 aromatic heterocycles. The molecule has 2 heterocycles. The van der Waals surface area contributed by atoms with E-state index >= 15 is 0 Å². The molecule has 18 heavy (non-hydrogen) atoms. The molecular weight excluding hydrogens is 357 g/mol. The topological polar surface area (TPSA) is 17.0 Å². The summed E-state index contributed by atoms with van der Waals surface area (Å²) in [7, 11) is 2.08. The molecule has 3 rings (SSSR count). The Bertz CT molecular complexity index is 670. The van der Waals surface area contributed by atoms with Crippen molar-refractivity contribution in [2.75, 3.05) is 0 Å². The van der Waals surface area contributed by atoms with Crippen molar-refractivity contribution in [1.29, 1.82) is 0 Å². The van der Waals surface area contributed by atoms with E-state index in [-0.39, 0.29) is 24.0 Å². The lowest BCUT2D eigenvalue weighted by atomic mass is 10.3. The lowest BCUT2D eigenvalue weighted by Gasteiger charge is -1.85. The maximum Gasteiger partial charge on any atom is 0.262 e. The zero-order valence-electron chi connectivity index (χ0n) is 9.87. The van der Waals surface area contributed by atoms with E-state index in [0.717, 1.165) is 5.76 Å². The first-order valence-corrected chi connectivity index (χ1v) is 6.25. The fraction of sp³-hybridized carbons (Fsp3) is 0.0714. The Kier molecular flexibility index (Phi) is 4.19. The van der Waals surface area contributed by atoms with E-state index in [4.69, 9.17) is 4.42 Å². The lowest BCUT2D eigenvalue weighted by Crippen LogP contribution is -2.28. The van der Waals surface area contributed by atoms with Gasteiger partial charge in [-0.1, -0.05) is 23.5 Å². The van der Waals surface area contributed by atoms with Crippen molar-refractivity contribution in [3.05, 3.63) is 53.4 Å². The fourth-order valence-electron chi connectivity index (χ4n) is 1.81. The van der Waals surface area contributed by atoms with Crippen LogP contribution in [0.2, 0.25) is 0 Å². The molecule has 92 valence electrons. The van der Waals surface area contributed by atoms with Crippen molar-refractivity contribution in [2.45, 2.75) is 0 Å². The predicted molar refractivity (Wildman–Crippen MR) is 86.1 cm³/mol. The molecule has 0 aliphatic rings. The Morgan fingerprint density at radius 2 is 1.94 bits per heavy atom. The van der Waals surface area contributed by atoms with E-state index in [1.807, 2.05) is 18.2 Å². The Hall–Kier alpha value is -1.14. The number of hydrogen-bond donors (Lipinski definition) is 0. The third-order valence-corrected chi connectivity index (χ3v) is 3.89. The molecule has 0 fully saturated rings. The van der Waals surface area contributed by atoms with Crippen molar-refractivity contribution in [3.8, 4) is 0 Å². The van der Waals surface area contributed by atoms with E-state index in [9.17, 15) is 0 Å². The molecule has 0 bridgehead atoms. The average Bonchev–Trinajstić information content (AvgIpc) is 2.96. The first kappa shape index (κ1) is 13.3. The molecule has 0 aliphatic carbocycles. The zero-order chi connectivity index (χ0) is 11.7. The van der Waals surface area contributed by atoms with Gasteiger partial charge in [0.25, 0.3) is 5.01 Å². The van der Waals surface area contributed by atoms with Gasteiger partial charge in [0.05, 0.1) is 6.26 Å². The van der Waals surface area contributed by atoms with Crippen LogP contribution in [0.25, 0.3) is 22.4 Å². The van der Waals surface area contributed by atoms with Crippen molar-refractivity contribution in [1.82, 2.24) is 0 Å². The first-order valence-electron chi connectivity index (χ1n) is 5.44. The van der Waals surface area contributed by atoms with Crippen molar-refractivity contribution in [3.63, 3.8) is 0 Å². The molecule has 0 saturated heterocycles. The third-order valence-electron chi connectivity index (χ3n) is 2.71. The largest absolute Gasteiger partial charge is 0.465 e. The molecular formula is C14H13INOS+. The SMILES string of the molecule is C[n+]1c(/C=C/c2ccco2)sc2ccccc21.I. The number of aromatic nitrogens is 1. The third kappa shape index (κ3) is 2.49. The lowest BCUT2D eigenvalue weighted by molar-refractivity contribution is -0.642. The highest BCUT2D eigenvalue weighted by Gasteiger charge is 2.13. The zero-order valence-corrected chi connectivity index (χ0v) is 13.0. The highest BCUT2D eigenvalue weighted by atomic mass is 127. The van der Waals surface area contributed by atoms with Crippen LogP contribution in [0.15, 0.2) is 47.1 Å². The average molecular weight is 370 g/mol. The molecule has 0 aliphatic heterocycles. The Morgan fingerprint density at radius 1 is 1.11 bits per heavy atom. The second-order valence-corrected chi connectivity index (χ2v) is 4.88. The summed E-state index contributed by atoms with van der Waals surface area (Å²) in [5.74, 6) is 0.877. The molecule has 2 nitrogen and oxygen atoms in total. The van der Waals surface area contributed by atoms with Gasteiger partial charge in [0.2, 0.25) is 5.52 Å². The molecule has 1 aromatic carbocycles. The second-order valence-electron chi connectivity index (χ2n) is 3.82. The standard InChI is InChI=1S/C14H12NOS.HI/c1-15-12-6-2-3-7-13(12)17-14(15)9-8-11-5-4-10-16-11;/h2-10H,1H3;1H/q+1;/b9-8+;. The maximum absolute atomic E-state index is 5.28. The number of nitrogens with zero attached hydrogens (tertiary/aromatic N) is 1. The smallest absolute Gasteiger partial charge is 0.262 e. The molecule has 0 unspecified atom stereocenters. The summed E-state index contributed by atoms with van der Waals surface area (Å²) in [6, 6.07) is 12.3. The Morgan fingerprint density at radius 3 is 2.67 bits per heavy atom. The second kappa shape index (κ2) is 5.67. The summed E-state index contributed by atoms with van der Waals surface area (Å²) >= 11 is 1.78. The Labute approximate surface area is 127 Å². The summed E-state index contributed by atoms with van der Waals surface area (Å²) in [5, 5.41) is 1.21. The van der Waals surface area contributed by atoms with Crippen molar-refractivity contribution < 1.29 is 8.98 Å². The van der Waals surface area contributed by atoms with Crippen LogP contribution >= 0.6 is 35.3 Å². The minimum Gasteiger partial charge on any atom is -0.465 e. The predicted octanol–water partition coefficient (Wildman–Crippen LogP) is 4.11. The van der Waals surface area contributed by atoms with Gasteiger partial charge in [0, 0.05) is 12.1 Å². The van der Waals surface area contributed by atoms with E-state index < -0.39 is 0 Å². The maximum atomic E-state index is 5.28. The van der Waals surface area contributed by atoms with E-state index in [2.05, 4.69) is 42.0 Å². The minimum absolute atomic E-state index is 0. The summed E-state index contributed by atoms with van der Waals surface area (Å²) < 4.78 is 8.77. The van der Waals surface area contributed by atoms with Crippen molar-refractivity contribution in [2.24, 2.45) is 7.05 Å². The summed E-state index contributed by atoms with van der Waals surface area (Å²) in [4.78, 5) is 0. The van der Waals surface area contributed by atoms with Crippen LogP contribution in [0.3, 0.4) is 0 Å². The molecule has 0 saturated carbocycles. The van der Waals surface area contributed by atoms with Gasteiger partial charge in [0.1, 0.15) is 17.5 Å². The van der Waals surface area contributed by atoms with Crippen LogP contribution in [0.4, 0.5) is 0 Å². The number of para-hydroxylation sites is 1. The number of furan rings is 1. The molecule has 0 atom stereocenters. The van der Waals surface area contributed by atoms with Gasteiger partial charge in [-0.25, -0.2) is 0 Å². The molecule has 0 amide bonds. The number of fused-ring (bicyclic) bond motifs is 1. The number of hydrogen-bond acceptors (Lipinski definition) is 2. The van der Waals surface area contributed by atoms with Crippen LogP contribution < -0.4 is 4.57 Å². The normalized spacial score (nSPS) is 10.9. The van der Waals surface area contributed by atoms with E-state index in [0.29, 0.717) is 0 Å². The monoisotopic (exact) mass is 370 g/mol. The van der Waals surface area contributed by atoms with Gasteiger partial charge in [0.15, 0.2) is 0 Å². The molecule has 0 spiro atoms. The van der Waals surface area contributed by atoms with Gasteiger partial charge in [-0.05, 0) is 24.3 Å². The van der Waals surface area contributed by atoms with Gasteiger partial charge in [-0.15, -0.1) is 24.0 Å². The highest BCUT2D eigenvalue weighted by molar-refractivity contribution is 14.0. The van der Waals surface area contributed by atoms with Crippen LogP contribution in [0.1, 0.15) is 10.8 Å². The number of benzene rings is 1. The number of thiazole rings is 1. The van der Waals surface area contributed by atoms with Gasteiger partial charge >= 0.3 is 0 Å². The number of rotatable bonds is 2. The van der Waals surface area contributed by atoms with Crippen molar-refractivity contribution >= 4 is 57.7 Å². The number of halogens is 1. The molecule has 4 heteroatoms. The van der Waals surface area contributed by atoms with Crippen LogP contribution in [-0.4, -0.2) is 0 Å². The quantitative estimate of drug-likeness (QED) is 0.490. The Balaban J connectivity index is 0.00000120. The van der Waals surface area contributed by atoms with Crippen LogP contribution in [0, 0.1) is 0 Å². The molecule has 3 aromatic rings. The first-order chi connectivity index (χ1) is 8.34. The minimum atomic E-state index is 0. The molecule has 0 radical (unpaired) electrons. The van der Waals surface area contributed by atoms with Crippen LogP contribution in [0.5, 0.6) is 0 Å². The number of aryl methyl sites for hydroxylation is 1. The molecule has 0 N–H and O–H groups in total. The highest BCUT2D eigenvalue weighted by Crippen LogP contribution is 2.21. The van der Waals surface area contributed by atoms with Gasteiger partial charge in [-0.3, -0.25) is 0 Å². The summed E-state index contributed by atoms with van der Waals surface area (Å²) in [5.41, 5.74) is 1.26. The van der Waals surface area contributed by atoms with Gasteiger partial charge in [-0.2, -0.15) is 4.57 Å². The van der Waals surface area contributed by atoms with E-state index in [1.54, 1.807) is 17.6 Å². The fourth-order valence-corrected chi connectivity index (χ4v) is 2.86. The van der Waals surface area contributed by atoms with Gasteiger partial charge < -0.3 is 4.42 Å². The van der Waals surface area contributed by atoms with Crippen LogP contribution in [-0.2, 0) is 7.05 Å². The van der Waals surface area contributed by atoms with E-state index in [1.165, 1.54) is 15.2 Å². The summed E-state index contributed by atoms with van der Waals surface area (Å²) in [6.45, 7) is 0.